The third kappa shape index (κ3) is 1.70. The summed E-state index contributed by atoms with van der Waals surface area (Å²) in [7, 11) is 0. The van der Waals surface area contributed by atoms with Gasteiger partial charge in [0.05, 0.1) is 23.9 Å². The fraction of sp³-hybridized carbons (Fsp3) is 0.0714. The molecule has 17 heavy (non-hydrogen) atoms. The van der Waals surface area contributed by atoms with Crippen molar-refractivity contribution in [3.63, 3.8) is 0 Å². The van der Waals surface area contributed by atoms with E-state index in [1.807, 2.05) is 42.5 Å². The molecule has 0 fully saturated rings. The highest BCUT2D eigenvalue weighted by Crippen LogP contribution is 2.38. The summed E-state index contributed by atoms with van der Waals surface area (Å²) in [5.74, 6) is 0. The summed E-state index contributed by atoms with van der Waals surface area (Å²) in [5.41, 5.74) is 5.04. The molecule has 0 saturated carbocycles. The lowest BCUT2D eigenvalue weighted by molar-refractivity contribution is 1.26. The van der Waals surface area contributed by atoms with E-state index in [0.29, 0.717) is 6.42 Å². The quantitative estimate of drug-likeness (QED) is 0.638. The molecule has 0 N–H and O–H groups in total. The number of nitriles is 1. The fourth-order valence-corrected chi connectivity index (χ4v) is 1.91. The van der Waals surface area contributed by atoms with Crippen LogP contribution < -0.4 is 0 Å². The van der Waals surface area contributed by atoms with Gasteiger partial charge < -0.3 is 0 Å². The van der Waals surface area contributed by atoms with Gasteiger partial charge in [-0.2, -0.15) is 10.4 Å². The van der Waals surface area contributed by atoms with Gasteiger partial charge in [0.15, 0.2) is 0 Å². The average Bonchev–Trinajstić information content (AvgIpc) is 2.73. The average molecular weight is 219 g/mol. The molecule has 0 atom stereocenters. The predicted octanol–water partition coefficient (Wildman–Crippen LogP) is 4.15. The number of nitrogens with zero attached hydrogens (tertiary/aromatic N) is 3. The minimum Gasteiger partial charge on any atom is -0.198 e. The first-order valence-electron chi connectivity index (χ1n) is 5.39. The highest BCUT2D eigenvalue weighted by molar-refractivity contribution is 5.79. The molecule has 0 saturated heterocycles. The van der Waals surface area contributed by atoms with Crippen molar-refractivity contribution in [1.29, 1.82) is 5.26 Å². The second-order valence-electron chi connectivity index (χ2n) is 3.93. The molecule has 0 radical (unpaired) electrons. The first kappa shape index (κ1) is 9.73. The Hall–Kier alpha value is -2.47. The van der Waals surface area contributed by atoms with Gasteiger partial charge in [0, 0.05) is 5.56 Å². The van der Waals surface area contributed by atoms with Crippen LogP contribution in [0.15, 0.2) is 52.7 Å². The Labute approximate surface area is 99.1 Å². The van der Waals surface area contributed by atoms with Gasteiger partial charge in [-0.15, -0.1) is 5.11 Å². The number of azo groups is 1. The molecule has 3 nitrogen and oxygen atoms in total. The molecular weight excluding hydrogens is 210 g/mol. The summed E-state index contributed by atoms with van der Waals surface area (Å²) in [5, 5.41) is 16.7. The van der Waals surface area contributed by atoms with E-state index in [2.05, 4.69) is 16.3 Å². The first-order chi connectivity index (χ1) is 8.36. The van der Waals surface area contributed by atoms with Crippen LogP contribution in [0.2, 0.25) is 0 Å². The van der Waals surface area contributed by atoms with Gasteiger partial charge in [-0.05, 0) is 29.3 Å². The molecule has 1 aliphatic heterocycles. The standard InChI is InChI=1S/C14H9N3/c15-8-7-10-1-3-11(4-2-10)13-6-5-12-9-14(13)17-16-12/h1-6,9H,7H2. The van der Waals surface area contributed by atoms with Crippen molar-refractivity contribution in [2.24, 2.45) is 10.2 Å². The van der Waals surface area contributed by atoms with Crippen molar-refractivity contribution in [3.8, 4) is 17.2 Å². The zero-order chi connectivity index (χ0) is 11.7. The summed E-state index contributed by atoms with van der Waals surface area (Å²) in [4.78, 5) is 0. The minimum absolute atomic E-state index is 0.450. The van der Waals surface area contributed by atoms with Gasteiger partial charge >= 0.3 is 0 Å². The van der Waals surface area contributed by atoms with Crippen LogP contribution in [0.5, 0.6) is 0 Å². The predicted molar refractivity (Wildman–Crippen MR) is 65.4 cm³/mol. The second-order valence-corrected chi connectivity index (χ2v) is 3.93. The fourth-order valence-electron chi connectivity index (χ4n) is 1.91. The van der Waals surface area contributed by atoms with E-state index in [-0.39, 0.29) is 0 Å². The van der Waals surface area contributed by atoms with Crippen molar-refractivity contribution >= 4 is 11.4 Å². The Kier molecular flexibility index (Phi) is 2.20. The van der Waals surface area contributed by atoms with Crippen molar-refractivity contribution in [1.82, 2.24) is 0 Å². The summed E-state index contributed by atoms with van der Waals surface area (Å²) in [6.45, 7) is 0. The molecule has 2 aromatic rings. The number of fused-ring (bicyclic) bond motifs is 2. The van der Waals surface area contributed by atoms with Crippen molar-refractivity contribution in [2.75, 3.05) is 0 Å². The van der Waals surface area contributed by atoms with E-state index >= 15 is 0 Å². The van der Waals surface area contributed by atoms with Crippen LogP contribution in [0, 0.1) is 11.3 Å². The highest BCUT2D eigenvalue weighted by atomic mass is 15.1. The van der Waals surface area contributed by atoms with E-state index < -0.39 is 0 Å². The van der Waals surface area contributed by atoms with E-state index in [1.54, 1.807) is 0 Å². The van der Waals surface area contributed by atoms with E-state index in [1.165, 1.54) is 0 Å². The van der Waals surface area contributed by atoms with Gasteiger partial charge in [0.2, 0.25) is 0 Å². The largest absolute Gasteiger partial charge is 0.198 e. The van der Waals surface area contributed by atoms with E-state index in [9.17, 15) is 0 Å². The maximum atomic E-state index is 8.62. The van der Waals surface area contributed by atoms with Crippen LogP contribution in [0.25, 0.3) is 11.1 Å². The number of benzene rings is 2. The van der Waals surface area contributed by atoms with Gasteiger partial charge in [0.1, 0.15) is 0 Å². The van der Waals surface area contributed by atoms with E-state index in [4.69, 9.17) is 5.26 Å². The smallest absolute Gasteiger partial charge is 0.0957 e. The lowest BCUT2D eigenvalue weighted by Crippen LogP contribution is -1.82. The molecule has 1 heterocycles. The first-order valence-corrected chi connectivity index (χ1v) is 5.39. The Morgan fingerprint density at radius 2 is 1.82 bits per heavy atom. The van der Waals surface area contributed by atoms with Crippen molar-refractivity contribution in [2.45, 2.75) is 6.42 Å². The summed E-state index contributed by atoms with van der Waals surface area (Å²) < 4.78 is 0. The van der Waals surface area contributed by atoms with Crippen molar-refractivity contribution < 1.29 is 0 Å². The third-order valence-electron chi connectivity index (χ3n) is 2.80. The summed E-state index contributed by atoms with van der Waals surface area (Å²) in [6, 6.07) is 16.1. The van der Waals surface area contributed by atoms with Crippen LogP contribution in [0.3, 0.4) is 0 Å². The molecule has 0 unspecified atom stereocenters. The Bertz CT molecular complexity index is 634. The van der Waals surface area contributed by atoms with Crippen LogP contribution >= 0.6 is 0 Å². The summed E-state index contributed by atoms with van der Waals surface area (Å²) in [6.07, 6.45) is 0.450. The third-order valence-corrected chi connectivity index (χ3v) is 2.80. The molecule has 0 aliphatic carbocycles. The van der Waals surface area contributed by atoms with Gasteiger partial charge in [0.25, 0.3) is 0 Å². The van der Waals surface area contributed by atoms with Crippen LogP contribution in [-0.2, 0) is 6.42 Å². The maximum Gasteiger partial charge on any atom is 0.0957 e. The molecule has 0 amide bonds. The van der Waals surface area contributed by atoms with Crippen LogP contribution in [0.4, 0.5) is 11.4 Å². The maximum absolute atomic E-state index is 8.62. The van der Waals surface area contributed by atoms with Gasteiger partial charge in [-0.3, -0.25) is 0 Å². The van der Waals surface area contributed by atoms with Crippen LogP contribution in [0.1, 0.15) is 5.56 Å². The highest BCUT2D eigenvalue weighted by Gasteiger charge is 2.10. The topological polar surface area (TPSA) is 48.5 Å². The molecule has 1 aliphatic rings. The molecule has 2 bridgehead atoms. The van der Waals surface area contributed by atoms with Gasteiger partial charge in [-0.25, -0.2) is 0 Å². The zero-order valence-corrected chi connectivity index (χ0v) is 9.09. The van der Waals surface area contributed by atoms with Gasteiger partial charge in [-0.1, -0.05) is 24.3 Å². The monoisotopic (exact) mass is 219 g/mol. The molecule has 2 aromatic carbocycles. The lowest BCUT2D eigenvalue weighted by atomic mass is 10.0. The molecule has 0 aromatic heterocycles. The molecule has 80 valence electrons. The Morgan fingerprint density at radius 3 is 2.59 bits per heavy atom. The SMILES string of the molecule is N#CCc1ccc(-c2ccc3cc2N=N3)cc1. The molecule has 0 spiro atoms. The molecule has 3 heteroatoms. The van der Waals surface area contributed by atoms with Crippen molar-refractivity contribution in [3.05, 3.63) is 48.0 Å². The normalized spacial score (nSPS) is 11.5. The van der Waals surface area contributed by atoms with Crippen LogP contribution in [-0.4, -0.2) is 0 Å². The number of hydrogen-bond donors (Lipinski definition) is 0. The molecule has 3 rings (SSSR count). The zero-order valence-electron chi connectivity index (χ0n) is 9.09. The minimum atomic E-state index is 0.450. The van der Waals surface area contributed by atoms with E-state index in [0.717, 1.165) is 28.1 Å². The number of hydrogen-bond acceptors (Lipinski definition) is 3. The lowest BCUT2D eigenvalue weighted by Gasteiger charge is -2.03. The molecular formula is C14H9N3. The Morgan fingerprint density at radius 1 is 1.00 bits per heavy atom. The number of rotatable bonds is 2. The summed E-state index contributed by atoms with van der Waals surface area (Å²) >= 11 is 0. The second kappa shape index (κ2) is 3.84. The Balaban J connectivity index is 2.01.